The zero-order valence-electron chi connectivity index (χ0n) is 18.5. The molecular formula is C25H28N2O5. The molecular weight excluding hydrogens is 408 g/mol. The van der Waals surface area contributed by atoms with Crippen LogP contribution in [0.5, 0.6) is 5.75 Å². The molecule has 1 aliphatic heterocycles. The van der Waals surface area contributed by atoms with Crippen molar-refractivity contribution < 1.29 is 18.7 Å². The standard InChI is InChI=1S/C25H28N2O5/c1-26(2)20-9-5-18(6-10-20)15-27(16-22-4-3-13-30-22)24(28)17-31-21-11-7-19-8-12-25(29)32-23(19)14-21/h5-12,14,22H,3-4,13,15-17H2,1-2H3. The highest BCUT2D eigenvalue weighted by molar-refractivity contribution is 5.79. The van der Waals surface area contributed by atoms with E-state index in [9.17, 15) is 9.59 Å². The third kappa shape index (κ3) is 5.48. The van der Waals surface area contributed by atoms with Crippen LogP contribution >= 0.6 is 0 Å². The molecule has 1 amide bonds. The fourth-order valence-corrected chi connectivity index (χ4v) is 3.78. The van der Waals surface area contributed by atoms with Crippen molar-refractivity contribution in [2.45, 2.75) is 25.5 Å². The molecule has 4 rings (SSSR count). The molecule has 168 valence electrons. The largest absolute Gasteiger partial charge is 0.484 e. The number of amides is 1. The zero-order valence-corrected chi connectivity index (χ0v) is 18.5. The molecule has 7 heteroatoms. The van der Waals surface area contributed by atoms with E-state index in [0.717, 1.165) is 36.1 Å². The second-order valence-corrected chi connectivity index (χ2v) is 8.21. The van der Waals surface area contributed by atoms with Crippen molar-refractivity contribution in [3.8, 4) is 5.75 Å². The number of ether oxygens (including phenoxy) is 2. The Hall–Kier alpha value is -3.32. The van der Waals surface area contributed by atoms with Crippen LogP contribution in [0.4, 0.5) is 5.69 Å². The van der Waals surface area contributed by atoms with Crippen LogP contribution in [0.3, 0.4) is 0 Å². The van der Waals surface area contributed by atoms with Gasteiger partial charge in [0.2, 0.25) is 0 Å². The molecule has 7 nitrogen and oxygen atoms in total. The van der Waals surface area contributed by atoms with Crippen LogP contribution in [0.1, 0.15) is 18.4 Å². The number of anilines is 1. The second-order valence-electron chi connectivity index (χ2n) is 8.21. The molecule has 2 heterocycles. The normalized spacial score (nSPS) is 15.6. The Morgan fingerprint density at radius 2 is 1.88 bits per heavy atom. The summed E-state index contributed by atoms with van der Waals surface area (Å²) in [5.74, 6) is 0.361. The summed E-state index contributed by atoms with van der Waals surface area (Å²) >= 11 is 0. The summed E-state index contributed by atoms with van der Waals surface area (Å²) in [6, 6.07) is 16.4. The molecule has 1 fully saturated rings. The third-order valence-electron chi connectivity index (χ3n) is 5.58. The first kappa shape index (κ1) is 21.9. The van der Waals surface area contributed by atoms with Gasteiger partial charge in [0.05, 0.1) is 6.10 Å². The topological polar surface area (TPSA) is 72.2 Å². The van der Waals surface area contributed by atoms with Crippen LogP contribution in [-0.4, -0.2) is 50.8 Å². The molecule has 1 aromatic heterocycles. The van der Waals surface area contributed by atoms with E-state index in [0.29, 0.717) is 24.4 Å². The SMILES string of the molecule is CN(C)c1ccc(CN(CC2CCCO2)C(=O)COc2ccc3ccc(=O)oc3c2)cc1. The number of rotatable bonds is 8. The summed E-state index contributed by atoms with van der Waals surface area (Å²) in [5, 5.41) is 0.796. The monoisotopic (exact) mass is 436 g/mol. The van der Waals surface area contributed by atoms with Gasteiger partial charge in [-0.2, -0.15) is 0 Å². The minimum Gasteiger partial charge on any atom is -0.484 e. The van der Waals surface area contributed by atoms with Gasteiger partial charge in [0, 0.05) is 57.0 Å². The van der Waals surface area contributed by atoms with Crippen molar-refractivity contribution in [2.75, 3.05) is 38.8 Å². The molecule has 0 radical (unpaired) electrons. The average molecular weight is 437 g/mol. The molecule has 0 N–H and O–H groups in total. The predicted molar refractivity (Wildman–Crippen MR) is 123 cm³/mol. The number of benzene rings is 2. The lowest BCUT2D eigenvalue weighted by Crippen LogP contribution is -2.39. The lowest BCUT2D eigenvalue weighted by atomic mass is 10.1. The first-order valence-electron chi connectivity index (χ1n) is 10.8. The van der Waals surface area contributed by atoms with Gasteiger partial charge in [-0.05, 0) is 48.7 Å². The predicted octanol–water partition coefficient (Wildman–Crippen LogP) is 3.45. The van der Waals surface area contributed by atoms with Crippen molar-refractivity contribution in [2.24, 2.45) is 0 Å². The number of carbonyl (C=O) groups is 1. The lowest BCUT2D eigenvalue weighted by molar-refractivity contribution is -0.135. The first-order chi connectivity index (χ1) is 15.5. The number of hydrogen-bond donors (Lipinski definition) is 0. The van der Waals surface area contributed by atoms with E-state index in [-0.39, 0.29) is 18.6 Å². The van der Waals surface area contributed by atoms with Gasteiger partial charge >= 0.3 is 5.63 Å². The van der Waals surface area contributed by atoms with Crippen molar-refractivity contribution in [1.29, 1.82) is 0 Å². The maximum Gasteiger partial charge on any atom is 0.336 e. The number of nitrogens with zero attached hydrogens (tertiary/aromatic N) is 2. The maximum absolute atomic E-state index is 13.1. The molecule has 1 saturated heterocycles. The average Bonchev–Trinajstić information content (AvgIpc) is 3.30. The summed E-state index contributed by atoms with van der Waals surface area (Å²) in [4.78, 5) is 28.4. The van der Waals surface area contributed by atoms with Crippen LogP contribution in [-0.2, 0) is 16.1 Å². The van der Waals surface area contributed by atoms with Crippen LogP contribution in [0.15, 0.2) is 63.8 Å². The number of carbonyl (C=O) groups excluding carboxylic acids is 1. The van der Waals surface area contributed by atoms with E-state index >= 15 is 0 Å². The number of hydrogen-bond acceptors (Lipinski definition) is 6. The smallest absolute Gasteiger partial charge is 0.336 e. The van der Waals surface area contributed by atoms with Gasteiger partial charge in [-0.25, -0.2) is 4.79 Å². The van der Waals surface area contributed by atoms with E-state index in [1.165, 1.54) is 6.07 Å². The molecule has 32 heavy (non-hydrogen) atoms. The Balaban J connectivity index is 1.44. The van der Waals surface area contributed by atoms with E-state index in [1.54, 1.807) is 29.2 Å². The molecule has 1 aliphatic rings. The molecule has 0 saturated carbocycles. The second kappa shape index (κ2) is 9.87. The maximum atomic E-state index is 13.1. The minimum absolute atomic E-state index is 0.0509. The summed E-state index contributed by atoms with van der Waals surface area (Å²) in [6.07, 6.45) is 2.02. The van der Waals surface area contributed by atoms with Crippen LogP contribution in [0, 0.1) is 0 Å². The van der Waals surface area contributed by atoms with Gasteiger partial charge in [0.15, 0.2) is 6.61 Å². The van der Waals surface area contributed by atoms with Crippen LogP contribution in [0.2, 0.25) is 0 Å². The van der Waals surface area contributed by atoms with Crippen molar-refractivity contribution >= 4 is 22.6 Å². The van der Waals surface area contributed by atoms with E-state index in [4.69, 9.17) is 13.9 Å². The number of fused-ring (bicyclic) bond motifs is 1. The summed E-state index contributed by atoms with van der Waals surface area (Å²) in [7, 11) is 4.00. The minimum atomic E-state index is -0.422. The molecule has 0 spiro atoms. The van der Waals surface area contributed by atoms with Gasteiger partial charge in [-0.1, -0.05) is 12.1 Å². The molecule has 0 aliphatic carbocycles. The van der Waals surface area contributed by atoms with Crippen molar-refractivity contribution in [3.05, 3.63) is 70.6 Å². The van der Waals surface area contributed by atoms with E-state index in [1.807, 2.05) is 43.3 Å². The molecule has 1 unspecified atom stereocenters. The Bertz CT molecular complexity index is 1120. The quantitative estimate of drug-likeness (QED) is 0.504. The highest BCUT2D eigenvalue weighted by Crippen LogP contribution is 2.21. The highest BCUT2D eigenvalue weighted by Gasteiger charge is 2.23. The van der Waals surface area contributed by atoms with E-state index in [2.05, 4.69) is 0 Å². The van der Waals surface area contributed by atoms with Gasteiger partial charge in [0.1, 0.15) is 11.3 Å². The Morgan fingerprint density at radius 3 is 2.59 bits per heavy atom. The lowest BCUT2D eigenvalue weighted by Gasteiger charge is -2.26. The molecule has 2 aromatic carbocycles. The van der Waals surface area contributed by atoms with Crippen molar-refractivity contribution in [1.82, 2.24) is 4.90 Å². The Kier molecular flexibility index (Phi) is 6.75. The van der Waals surface area contributed by atoms with Crippen LogP contribution < -0.4 is 15.3 Å². The summed E-state index contributed by atoms with van der Waals surface area (Å²) in [6.45, 7) is 1.65. The van der Waals surface area contributed by atoms with E-state index < -0.39 is 5.63 Å². The summed E-state index contributed by atoms with van der Waals surface area (Å²) in [5.41, 5.74) is 2.17. The summed E-state index contributed by atoms with van der Waals surface area (Å²) < 4.78 is 16.7. The van der Waals surface area contributed by atoms with Gasteiger partial charge in [-0.3, -0.25) is 4.79 Å². The fourth-order valence-electron chi connectivity index (χ4n) is 3.78. The Labute approximate surface area is 187 Å². The highest BCUT2D eigenvalue weighted by atomic mass is 16.5. The first-order valence-corrected chi connectivity index (χ1v) is 10.8. The Morgan fingerprint density at radius 1 is 1.09 bits per heavy atom. The van der Waals surface area contributed by atoms with Crippen molar-refractivity contribution in [3.63, 3.8) is 0 Å². The molecule has 3 aromatic rings. The zero-order chi connectivity index (χ0) is 22.5. The van der Waals surface area contributed by atoms with Gasteiger partial charge in [0.25, 0.3) is 5.91 Å². The fraction of sp³-hybridized carbons (Fsp3) is 0.360. The van der Waals surface area contributed by atoms with Gasteiger partial charge < -0.3 is 23.7 Å². The van der Waals surface area contributed by atoms with Crippen LogP contribution in [0.25, 0.3) is 11.0 Å². The van der Waals surface area contributed by atoms with Gasteiger partial charge in [-0.15, -0.1) is 0 Å². The molecule has 0 bridgehead atoms. The molecule has 1 atom stereocenters. The third-order valence-corrected chi connectivity index (χ3v) is 5.58.